The topological polar surface area (TPSA) is 37.3 Å². The summed E-state index contributed by atoms with van der Waals surface area (Å²) in [5.41, 5.74) is 2.28. The van der Waals surface area contributed by atoms with Crippen LogP contribution in [0.25, 0.3) is 0 Å². The zero-order valence-corrected chi connectivity index (χ0v) is 12.7. The third-order valence-corrected chi connectivity index (χ3v) is 4.28. The SMILES string of the molecule is Clc1ccc(Nc2csc(N=C3CCCCC3)n2)cc1. The molecule has 2 aromatic rings. The predicted molar refractivity (Wildman–Crippen MR) is 87.0 cm³/mol. The van der Waals surface area contributed by atoms with E-state index in [-0.39, 0.29) is 0 Å². The molecule has 0 aliphatic heterocycles. The molecule has 0 atom stereocenters. The zero-order chi connectivity index (χ0) is 13.8. The maximum Gasteiger partial charge on any atom is 0.211 e. The normalized spacial score (nSPS) is 15.2. The standard InChI is InChI=1S/C15H16ClN3S/c16-11-6-8-13(9-7-11)17-14-10-20-15(19-14)18-12-4-2-1-3-5-12/h6-10,17H,1-5H2. The number of nitrogens with one attached hydrogen (secondary N) is 1. The summed E-state index contributed by atoms with van der Waals surface area (Å²) in [7, 11) is 0. The van der Waals surface area contributed by atoms with E-state index in [1.165, 1.54) is 25.0 Å². The summed E-state index contributed by atoms with van der Waals surface area (Å²) in [6, 6.07) is 7.60. The average Bonchev–Trinajstić information content (AvgIpc) is 2.90. The molecule has 1 fully saturated rings. The average molecular weight is 306 g/mol. The molecule has 1 aromatic heterocycles. The fourth-order valence-corrected chi connectivity index (χ4v) is 3.05. The van der Waals surface area contributed by atoms with Gasteiger partial charge in [-0.2, -0.15) is 0 Å². The van der Waals surface area contributed by atoms with Crippen molar-refractivity contribution in [2.45, 2.75) is 32.1 Å². The number of aromatic nitrogens is 1. The molecule has 0 bridgehead atoms. The second kappa shape index (κ2) is 6.37. The Morgan fingerprint density at radius 1 is 1.10 bits per heavy atom. The van der Waals surface area contributed by atoms with Crippen LogP contribution in [0.3, 0.4) is 0 Å². The number of aliphatic imine (C=N–C) groups is 1. The van der Waals surface area contributed by atoms with Crippen LogP contribution in [0.2, 0.25) is 5.02 Å². The number of anilines is 2. The minimum Gasteiger partial charge on any atom is -0.339 e. The van der Waals surface area contributed by atoms with Gasteiger partial charge in [-0.1, -0.05) is 18.0 Å². The number of halogens is 1. The predicted octanol–water partition coefficient (Wildman–Crippen LogP) is 5.58. The molecule has 3 nitrogen and oxygen atoms in total. The van der Waals surface area contributed by atoms with Gasteiger partial charge in [-0.05, 0) is 49.9 Å². The van der Waals surface area contributed by atoms with Crippen molar-refractivity contribution in [3.63, 3.8) is 0 Å². The van der Waals surface area contributed by atoms with Crippen LogP contribution in [0, 0.1) is 0 Å². The van der Waals surface area contributed by atoms with Gasteiger partial charge in [0.05, 0.1) is 0 Å². The second-order valence-corrected chi connectivity index (χ2v) is 6.16. The molecule has 5 heteroatoms. The Balaban J connectivity index is 1.68. The van der Waals surface area contributed by atoms with E-state index in [2.05, 4.69) is 15.3 Å². The smallest absolute Gasteiger partial charge is 0.211 e. The molecule has 0 radical (unpaired) electrons. The van der Waals surface area contributed by atoms with Gasteiger partial charge in [0.1, 0.15) is 5.82 Å². The third kappa shape index (κ3) is 3.58. The molecule has 0 spiro atoms. The summed E-state index contributed by atoms with van der Waals surface area (Å²) in [6.45, 7) is 0. The molecule has 1 aliphatic carbocycles. The first-order chi connectivity index (χ1) is 9.79. The number of benzene rings is 1. The molecule has 1 aliphatic rings. The van der Waals surface area contributed by atoms with Gasteiger partial charge in [-0.15, -0.1) is 11.3 Å². The minimum atomic E-state index is 0.734. The summed E-state index contributed by atoms with van der Waals surface area (Å²) in [6.07, 6.45) is 6.11. The van der Waals surface area contributed by atoms with Gasteiger partial charge in [-0.3, -0.25) is 0 Å². The highest BCUT2D eigenvalue weighted by atomic mass is 35.5. The van der Waals surface area contributed by atoms with Crippen LogP contribution in [0.1, 0.15) is 32.1 Å². The van der Waals surface area contributed by atoms with Gasteiger partial charge in [0, 0.05) is 21.8 Å². The monoisotopic (exact) mass is 305 g/mol. The molecule has 1 aromatic carbocycles. The van der Waals surface area contributed by atoms with Gasteiger partial charge in [-0.25, -0.2) is 9.98 Å². The van der Waals surface area contributed by atoms with Crippen LogP contribution < -0.4 is 5.32 Å². The Morgan fingerprint density at radius 3 is 2.60 bits per heavy atom. The zero-order valence-electron chi connectivity index (χ0n) is 11.1. The Bertz CT molecular complexity index is 596. The summed E-state index contributed by atoms with van der Waals surface area (Å²) in [4.78, 5) is 9.17. The van der Waals surface area contributed by atoms with Gasteiger partial charge < -0.3 is 5.32 Å². The van der Waals surface area contributed by atoms with Crippen LogP contribution in [0.5, 0.6) is 0 Å². The number of rotatable bonds is 3. The van der Waals surface area contributed by atoms with Crippen molar-refractivity contribution in [1.82, 2.24) is 4.98 Å². The van der Waals surface area contributed by atoms with E-state index >= 15 is 0 Å². The van der Waals surface area contributed by atoms with E-state index in [0.29, 0.717) is 0 Å². The van der Waals surface area contributed by atoms with Crippen molar-refractivity contribution in [1.29, 1.82) is 0 Å². The summed E-state index contributed by atoms with van der Waals surface area (Å²) in [5, 5.41) is 6.84. The van der Waals surface area contributed by atoms with Crippen molar-refractivity contribution >= 4 is 45.3 Å². The lowest BCUT2D eigenvalue weighted by molar-refractivity contribution is 0.667. The van der Waals surface area contributed by atoms with E-state index in [9.17, 15) is 0 Å². The fraction of sp³-hybridized carbons (Fsp3) is 0.333. The summed E-state index contributed by atoms with van der Waals surface area (Å²) < 4.78 is 0. The Hall–Kier alpha value is -1.39. The van der Waals surface area contributed by atoms with E-state index in [1.54, 1.807) is 11.3 Å². The highest BCUT2D eigenvalue weighted by molar-refractivity contribution is 7.13. The molecule has 0 saturated heterocycles. The molecule has 1 saturated carbocycles. The van der Waals surface area contributed by atoms with E-state index in [0.717, 1.165) is 34.5 Å². The maximum atomic E-state index is 5.87. The summed E-state index contributed by atoms with van der Waals surface area (Å²) in [5.74, 6) is 0.840. The molecule has 20 heavy (non-hydrogen) atoms. The first kappa shape index (κ1) is 13.6. The largest absolute Gasteiger partial charge is 0.339 e. The lowest BCUT2D eigenvalue weighted by atomic mass is 9.99. The van der Waals surface area contributed by atoms with Crippen molar-refractivity contribution < 1.29 is 0 Å². The van der Waals surface area contributed by atoms with Crippen LogP contribution in [0.15, 0.2) is 34.6 Å². The summed E-state index contributed by atoms with van der Waals surface area (Å²) >= 11 is 7.45. The number of hydrogen-bond acceptors (Lipinski definition) is 4. The highest BCUT2D eigenvalue weighted by Crippen LogP contribution is 2.27. The Labute approximate surface area is 127 Å². The van der Waals surface area contributed by atoms with E-state index < -0.39 is 0 Å². The molecule has 3 rings (SSSR count). The van der Waals surface area contributed by atoms with Crippen molar-refractivity contribution in [2.24, 2.45) is 4.99 Å². The van der Waals surface area contributed by atoms with Gasteiger partial charge in [0.25, 0.3) is 0 Å². The Morgan fingerprint density at radius 2 is 1.85 bits per heavy atom. The van der Waals surface area contributed by atoms with Gasteiger partial charge >= 0.3 is 0 Å². The lowest BCUT2D eigenvalue weighted by Crippen LogP contribution is -2.03. The fourth-order valence-electron chi connectivity index (χ4n) is 2.26. The van der Waals surface area contributed by atoms with Crippen LogP contribution in [-0.4, -0.2) is 10.7 Å². The van der Waals surface area contributed by atoms with Crippen molar-refractivity contribution in [2.75, 3.05) is 5.32 Å². The maximum absolute atomic E-state index is 5.87. The molecule has 1 heterocycles. The first-order valence-corrected chi connectivity index (χ1v) is 8.10. The molecular formula is C15H16ClN3S. The highest BCUT2D eigenvalue weighted by Gasteiger charge is 2.08. The van der Waals surface area contributed by atoms with Crippen LogP contribution in [0.4, 0.5) is 16.6 Å². The minimum absolute atomic E-state index is 0.734. The second-order valence-electron chi connectivity index (χ2n) is 4.89. The quantitative estimate of drug-likeness (QED) is 0.804. The molecule has 0 unspecified atom stereocenters. The first-order valence-electron chi connectivity index (χ1n) is 6.84. The number of hydrogen-bond donors (Lipinski definition) is 1. The van der Waals surface area contributed by atoms with Crippen LogP contribution in [-0.2, 0) is 0 Å². The molecule has 0 amide bonds. The van der Waals surface area contributed by atoms with Gasteiger partial charge in [0.2, 0.25) is 5.13 Å². The Kier molecular flexibility index (Phi) is 4.33. The third-order valence-electron chi connectivity index (χ3n) is 3.29. The van der Waals surface area contributed by atoms with E-state index in [1.807, 2.05) is 29.6 Å². The van der Waals surface area contributed by atoms with Crippen molar-refractivity contribution in [3.05, 3.63) is 34.7 Å². The molecule has 1 N–H and O–H groups in total. The number of thiazole rings is 1. The molecular weight excluding hydrogens is 290 g/mol. The van der Waals surface area contributed by atoms with Crippen LogP contribution >= 0.6 is 22.9 Å². The lowest BCUT2D eigenvalue weighted by Gasteiger charge is -2.10. The van der Waals surface area contributed by atoms with Crippen molar-refractivity contribution in [3.8, 4) is 0 Å². The molecule has 104 valence electrons. The van der Waals surface area contributed by atoms with E-state index in [4.69, 9.17) is 11.6 Å². The number of nitrogens with zero attached hydrogens (tertiary/aromatic N) is 2. The van der Waals surface area contributed by atoms with Gasteiger partial charge in [0.15, 0.2) is 0 Å².